The van der Waals surface area contributed by atoms with Gasteiger partial charge in [-0.15, -0.1) is 12.6 Å². The SMILES string of the molecule is O=C(NC(S)Nc1cc(C(F)(F)F)ccc1N1CCCCCCC1)c1ccsc1. The molecule has 9 heteroatoms. The topological polar surface area (TPSA) is 44.4 Å². The average Bonchev–Trinajstić information content (AvgIpc) is 3.16. The van der Waals surface area contributed by atoms with Crippen molar-refractivity contribution < 1.29 is 18.0 Å². The number of hydrogen-bond acceptors (Lipinski definition) is 5. The standard InChI is InChI=1S/C20H24F3N3OS2/c21-20(22,23)15-6-7-17(26-9-4-2-1-3-5-10-26)16(12-15)24-19(28)25-18(27)14-8-11-29-13-14/h6-8,11-13,19,24,28H,1-5,9-10H2,(H,25,27). The van der Waals surface area contributed by atoms with Gasteiger partial charge in [-0.05, 0) is 42.5 Å². The van der Waals surface area contributed by atoms with E-state index in [1.165, 1.54) is 23.8 Å². The molecule has 1 aromatic carbocycles. The van der Waals surface area contributed by atoms with E-state index >= 15 is 0 Å². The smallest absolute Gasteiger partial charge is 0.370 e. The summed E-state index contributed by atoms with van der Waals surface area (Å²) in [6, 6.07) is 5.38. The fourth-order valence-corrected chi connectivity index (χ4v) is 4.27. The highest BCUT2D eigenvalue weighted by Crippen LogP contribution is 2.36. The van der Waals surface area contributed by atoms with Crippen LogP contribution < -0.4 is 15.5 Å². The van der Waals surface area contributed by atoms with Crippen LogP contribution in [0, 0.1) is 0 Å². The van der Waals surface area contributed by atoms with E-state index in [9.17, 15) is 18.0 Å². The Morgan fingerprint density at radius 3 is 2.41 bits per heavy atom. The lowest BCUT2D eigenvalue weighted by atomic mass is 10.1. The third-order valence-electron chi connectivity index (χ3n) is 4.86. The summed E-state index contributed by atoms with van der Waals surface area (Å²) >= 11 is 5.72. The Bertz CT molecular complexity index is 804. The molecule has 1 unspecified atom stereocenters. The number of alkyl halides is 3. The summed E-state index contributed by atoms with van der Waals surface area (Å²) in [5.74, 6) is -0.335. The number of carbonyl (C=O) groups excluding carboxylic acids is 1. The van der Waals surface area contributed by atoms with Gasteiger partial charge in [0.05, 0.1) is 22.5 Å². The summed E-state index contributed by atoms with van der Waals surface area (Å²) < 4.78 is 39.8. The van der Waals surface area contributed by atoms with Crippen molar-refractivity contribution in [2.24, 2.45) is 0 Å². The number of hydrogen-bond donors (Lipinski definition) is 3. The first-order chi connectivity index (χ1) is 13.8. The minimum atomic E-state index is -4.45. The Balaban J connectivity index is 1.81. The quantitative estimate of drug-likeness (QED) is 0.417. The molecular weight excluding hydrogens is 419 g/mol. The zero-order valence-electron chi connectivity index (χ0n) is 15.8. The van der Waals surface area contributed by atoms with Gasteiger partial charge in [0.25, 0.3) is 5.91 Å². The number of benzene rings is 1. The second-order valence-corrected chi connectivity index (χ2v) is 8.31. The third kappa shape index (κ3) is 6.05. The van der Waals surface area contributed by atoms with Crippen molar-refractivity contribution in [1.82, 2.24) is 5.32 Å². The van der Waals surface area contributed by atoms with Crippen LogP contribution in [0.3, 0.4) is 0 Å². The molecule has 2 N–H and O–H groups in total. The summed E-state index contributed by atoms with van der Waals surface area (Å²) in [4.78, 5) is 14.3. The van der Waals surface area contributed by atoms with Crippen molar-refractivity contribution in [3.63, 3.8) is 0 Å². The van der Waals surface area contributed by atoms with Gasteiger partial charge in [-0.2, -0.15) is 24.5 Å². The van der Waals surface area contributed by atoms with Crippen LogP contribution >= 0.6 is 24.0 Å². The second kappa shape index (κ2) is 9.75. The maximum atomic E-state index is 13.3. The van der Waals surface area contributed by atoms with Gasteiger partial charge in [0.1, 0.15) is 5.50 Å². The number of thiol groups is 1. The molecule has 158 valence electrons. The van der Waals surface area contributed by atoms with Crippen molar-refractivity contribution in [1.29, 1.82) is 0 Å². The molecule has 0 spiro atoms. The maximum absolute atomic E-state index is 13.3. The lowest BCUT2D eigenvalue weighted by Gasteiger charge is -2.30. The zero-order valence-corrected chi connectivity index (χ0v) is 17.5. The van der Waals surface area contributed by atoms with Crippen molar-refractivity contribution in [3.05, 3.63) is 46.2 Å². The van der Waals surface area contributed by atoms with Gasteiger partial charge >= 0.3 is 6.18 Å². The predicted octanol–water partition coefficient (Wildman–Crippen LogP) is 5.59. The van der Waals surface area contributed by atoms with Gasteiger partial charge in [-0.25, -0.2) is 0 Å². The Hall–Kier alpha value is -1.87. The van der Waals surface area contributed by atoms with Gasteiger partial charge in [0.15, 0.2) is 0 Å². The van der Waals surface area contributed by atoms with E-state index in [2.05, 4.69) is 28.2 Å². The summed E-state index contributed by atoms with van der Waals surface area (Å²) in [5, 5.41) is 9.09. The minimum Gasteiger partial charge on any atom is -0.370 e. The molecule has 2 aromatic rings. The molecule has 1 amide bonds. The fraction of sp³-hybridized carbons (Fsp3) is 0.450. The van der Waals surface area contributed by atoms with Crippen LogP contribution in [-0.4, -0.2) is 24.5 Å². The number of anilines is 2. The number of halogens is 3. The lowest BCUT2D eigenvalue weighted by molar-refractivity contribution is -0.137. The Kier molecular flexibility index (Phi) is 7.34. The molecule has 1 fully saturated rings. The van der Waals surface area contributed by atoms with E-state index in [-0.39, 0.29) is 5.91 Å². The maximum Gasteiger partial charge on any atom is 0.416 e. The number of nitrogens with zero attached hydrogens (tertiary/aromatic N) is 1. The van der Waals surface area contributed by atoms with Gasteiger partial charge in [0.2, 0.25) is 0 Å². The van der Waals surface area contributed by atoms with Crippen molar-refractivity contribution in [2.45, 2.75) is 43.8 Å². The van der Waals surface area contributed by atoms with Crippen molar-refractivity contribution >= 4 is 41.2 Å². The van der Waals surface area contributed by atoms with E-state index in [1.807, 2.05) is 0 Å². The number of thiophene rings is 1. The van der Waals surface area contributed by atoms with Crippen LogP contribution in [0.1, 0.15) is 48.0 Å². The molecule has 1 aliphatic heterocycles. The second-order valence-electron chi connectivity index (χ2n) is 7.02. The normalized spacial score (nSPS) is 16.6. The number of rotatable bonds is 5. The monoisotopic (exact) mass is 443 g/mol. The summed E-state index contributed by atoms with van der Waals surface area (Å²) in [6.45, 7) is 1.58. The van der Waals surface area contributed by atoms with Crippen LogP contribution in [-0.2, 0) is 6.18 Å². The van der Waals surface area contributed by atoms with E-state index in [4.69, 9.17) is 0 Å². The third-order valence-corrected chi connectivity index (χ3v) is 5.81. The number of nitrogens with one attached hydrogen (secondary N) is 2. The molecule has 0 bridgehead atoms. The van der Waals surface area contributed by atoms with Crippen LogP contribution in [0.2, 0.25) is 0 Å². The first kappa shape index (κ1) is 21.8. The lowest BCUT2D eigenvalue weighted by Crippen LogP contribution is -2.37. The van der Waals surface area contributed by atoms with Crippen LogP contribution in [0.5, 0.6) is 0 Å². The fourth-order valence-electron chi connectivity index (χ4n) is 3.38. The van der Waals surface area contributed by atoms with Crippen LogP contribution in [0.25, 0.3) is 0 Å². The van der Waals surface area contributed by atoms with Crippen LogP contribution in [0.4, 0.5) is 24.5 Å². The largest absolute Gasteiger partial charge is 0.416 e. The van der Waals surface area contributed by atoms with Crippen LogP contribution in [0.15, 0.2) is 35.0 Å². The molecule has 1 aliphatic rings. The Morgan fingerprint density at radius 1 is 1.10 bits per heavy atom. The molecule has 29 heavy (non-hydrogen) atoms. The molecule has 3 rings (SSSR count). The van der Waals surface area contributed by atoms with Crippen molar-refractivity contribution in [3.8, 4) is 0 Å². The molecule has 0 aliphatic carbocycles. The Labute approximate surface area is 177 Å². The molecule has 0 saturated carbocycles. The summed E-state index contributed by atoms with van der Waals surface area (Å²) in [7, 11) is 0. The molecule has 2 heterocycles. The summed E-state index contributed by atoms with van der Waals surface area (Å²) in [5.41, 5.74) is -0.0708. The molecule has 0 radical (unpaired) electrons. The van der Waals surface area contributed by atoms with Gasteiger partial charge in [-0.3, -0.25) is 4.79 Å². The Morgan fingerprint density at radius 2 is 1.79 bits per heavy atom. The average molecular weight is 444 g/mol. The minimum absolute atomic E-state index is 0.311. The molecule has 4 nitrogen and oxygen atoms in total. The van der Waals surface area contributed by atoms with Crippen molar-refractivity contribution in [2.75, 3.05) is 23.3 Å². The molecule has 1 aromatic heterocycles. The van der Waals surface area contributed by atoms with Gasteiger partial charge < -0.3 is 15.5 Å². The van der Waals surface area contributed by atoms with Gasteiger partial charge in [-0.1, -0.05) is 19.3 Å². The highest BCUT2D eigenvalue weighted by molar-refractivity contribution is 7.81. The van der Waals surface area contributed by atoms with E-state index in [1.54, 1.807) is 16.8 Å². The number of amides is 1. The molecular formula is C20H24F3N3OS2. The highest BCUT2D eigenvalue weighted by atomic mass is 32.1. The first-order valence-electron chi connectivity index (χ1n) is 9.58. The molecule has 1 saturated heterocycles. The molecule has 1 atom stereocenters. The highest BCUT2D eigenvalue weighted by Gasteiger charge is 2.31. The van der Waals surface area contributed by atoms with E-state index < -0.39 is 17.2 Å². The first-order valence-corrected chi connectivity index (χ1v) is 11.0. The number of carbonyl (C=O) groups is 1. The van der Waals surface area contributed by atoms with Gasteiger partial charge in [0, 0.05) is 18.5 Å². The van der Waals surface area contributed by atoms with E-state index in [0.717, 1.165) is 50.9 Å². The van der Waals surface area contributed by atoms with E-state index in [0.29, 0.717) is 16.9 Å². The predicted molar refractivity (Wildman–Crippen MR) is 115 cm³/mol. The zero-order chi connectivity index (χ0) is 20.9. The summed E-state index contributed by atoms with van der Waals surface area (Å²) in [6.07, 6.45) is 0.980.